The van der Waals surface area contributed by atoms with Gasteiger partial charge < -0.3 is 14.5 Å². The number of benzene rings is 2. The van der Waals surface area contributed by atoms with Crippen LogP contribution < -0.4 is 9.64 Å². The van der Waals surface area contributed by atoms with Crippen molar-refractivity contribution in [2.24, 2.45) is 0 Å². The minimum atomic E-state index is -0.410. The van der Waals surface area contributed by atoms with Crippen molar-refractivity contribution in [3.63, 3.8) is 0 Å². The number of para-hydroxylation sites is 1. The van der Waals surface area contributed by atoms with E-state index in [4.69, 9.17) is 4.74 Å². The van der Waals surface area contributed by atoms with Crippen molar-refractivity contribution in [3.05, 3.63) is 65.0 Å². The van der Waals surface area contributed by atoms with Crippen LogP contribution in [0.25, 0.3) is 6.08 Å². The molecule has 0 N–H and O–H groups in total. The predicted octanol–water partition coefficient (Wildman–Crippen LogP) is 3.15. The first-order valence-corrected chi connectivity index (χ1v) is 9.30. The fraction of sp³-hybridized carbons (Fsp3) is 0.273. The third kappa shape index (κ3) is 3.50. The van der Waals surface area contributed by atoms with Gasteiger partial charge in [0.2, 0.25) is 0 Å². The highest BCUT2D eigenvalue weighted by atomic mass is 19.1. The molecule has 2 heterocycles. The largest absolute Gasteiger partial charge is 0.488 e. The summed E-state index contributed by atoms with van der Waals surface area (Å²) in [4.78, 5) is 27.9. The number of halogens is 1. The van der Waals surface area contributed by atoms with E-state index in [1.54, 1.807) is 17.0 Å². The third-order valence-corrected chi connectivity index (χ3v) is 5.17. The van der Waals surface area contributed by atoms with Crippen molar-refractivity contribution in [3.8, 4) is 5.75 Å². The molecule has 144 valence electrons. The molecule has 0 spiro atoms. The number of fused-ring (bicyclic) bond motifs is 1. The molecule has 0 aliphatic carbocycles. The second-order valence-electron chi connectivity index (χ2n) is 7.00. The smallest absolute Gasteiger partial charge is 0.253 e. The molecule has 2 aromatic rings. The molecule has 4 rings (SSSR count). The van der Waals surface area contributed by atoms with Crippen LogP contribution in [-0.4, -0.2) is 49.4 Å². The molecule has 0 atom stereocenters. The van der Waals surface area contributed by atoms with Crippen molar-refractivity contribution >= 4 is 23.5 Å². The number of Topliss-reactive ketones (excluding diaryl/α,β-unsaturated/α-hetero) is 1. The molecule has 0 unspecified atom stereocenters. The fourth-order valence-electron chi connectivity index (χ4n) is 3.58. The molecule has 28 heavy (non-hydrogen) atoms. The van der Waals surface area contributed by atoms with Crippen LogP contribution in [0.3, 0.4) is 0 Å². The highest BCUT2D eigenvalue weighted by Crippen LogP contribution is 2.27. The van der Waals surface area contributed by atoms with Crippen LogP contribution in [0.5, 0.6) is 5.75 Å². The van der Waals surface area contributed by atoms with Gasteiger partial charge in [-0.25, -0.2) is 4.39 Å². The van der Waals surface area contributed by atoms with Gasteiger partial charge in [-0.15, -0.1) is 0 Å². The zero-order chi connectivity index (χ0) is 19.7. The van der Waals surface area contributed by atoms with Crippen molar-refractivity contribution in [2.45, 2.75) is 6.92 Å². The van der Waals surface area contributed by atoms with E-state index >= 15 is 0 Å². The average Bonchev–Trinajstić information content (AvgIpc) is 2.73. The number of hydrogen-bond donors (Lipinski definition) is 0. The first kappa shape index (κ1) is 18.2. The summed E-state index contributed by atoms with van der Waals surface area (Å²) in [5, 5.41) is 0. The van der Waals surface area contributed by atoms with Gasteiger partial charge in [-0.05, 0) is 37.3 Å². The SMILES string of the molecule is CC(=O)c1ccc(N2CCN(C(=O)C3=Cc4ccccc4OC3)CC2)c(F)c1. The van der Waals surface area contributed by atoms with E-state index in [1.165, 1.54) is 13.0 Å². The molecular weight excluding hydrogens is 359 g/mol. The van der Waals surface area contributed by atoms with Crippen molar-refractivity contribution in [1.82, 2.24) is 4.90 Å². The summed E-state index contributed by atoms with van der Waals surface area (Å²) in [6.07, 6.45) is 1.88. The lowest BCUT2D eigenvalue weighted by molar-refractivity contribution is -0.127. The van der Waals surface area contributed by atoms with Gasteiger partial charge in [0.1, 0.15) is 18.2 Å². The Morgan fingerprint density at radius 3 is 2.50 bits per heavy atom. The maximum absolute atomic E-state index is 14.4. The number of hydrogen-bond acceptors (Lipinski definition) is 4. The highest BCUT2D eigenvalue weighted by Gasteiger charge is 2.26. The normalized spacial score (nSPS) is 16.1. The van der Waals surface area contributed by atoms with E-state index in [-0.39, 0.29) is 18.3 Å². The molecule has 2 aliphatic rings. The molecule has 0 aromatic heterocycles. The van der Waals surface area contributed by atoms with Gasteiger partial charge in [-0.1, -0.05) is 18.2 Å². The molecule has 1 saturated heterocycles. The lowest BCUT2D eigenvalue weighted by Crippen LogP contribution is -2.49. The molecule has 2 aliphatic heterocycles. The number of ketones is 1. The second kappa shape index (κ2) is 7.46. The summed E-state index contributed by atoms with van der Waals surface area (Å²) in [5.41, 5.74) is 2.36. The summed E-state index contributed by atoms with van der Waals surface area (Å²) < 4.78 is 20.1. The summed E-state index contributed by atoms with van der Waals surface area (Å²) in [7, 11) is 0. The molecule has 5 nitrogen and oxygen atoms in total. The lowest BCUT2D eigenvalue weighted by Gasteiger charge is -2.37. The topological polar surface area (TPSA) is 49.9 Å². The van der Waals surface area contributed by atoms with Gasteiger partial charge in [-0.2, -0.15) is 0 Å². The second-order valence-corrected chi connectivity index (χ2v) is 7.00. The molecule has 0 saturated carbocycles. The number of piperazine rings is 1. The van der Waals surface area contributed by atoms with Gasteiger partial charge in [0, 0.05) is 37.3 Å². The Kier molecular flexibility index (Phi) is 4.86. The maximum atomic E-state index is 14.4. The summed E-state index contributed by atoms with van der Waals surface area (Å²) in [6.45, 7) is 3.76. The van der Waals surface area contributed by atoms with Crippen molar-refractivity contribution in [2.75, 3.05) is 37.7 Å². The van der Waals surface area contributed by atoms with Gasteiger partial charge in [0.15, 0.2) is 5.78 Å². The quantitative estimate of drug-likeness (QED) is 0.768. The molecule has 1 fully saturated rings. The first-order chi connectivity index (χ1) is 13.5. The maximum Gasteiger partial charge on any atom is 0.253 e. The number of rotatable bonds is 3. The van der Waals surface area contributed by atoms with Gasteiger partial charge in [0.25, 0.3) is 5.91 Å². The predicted molar refractivity (Wildman–Crippen MR) is 105 cm³/mol. The van der Waals surface area contributed by atoms with Crippen molar-refractivity contribution in [1.29, 1.82) is 0 Å². The van der Waals surface area contributed by atoms with Crippen molar-refractivity contribution < 1.29 is 18.7 Å². The Morgan fingerprint density at radius 2 is 1.79 bits per heavy atom. The molecular formula is C22H21FN2O3. The number of amides is 1. The fourth-order valence-corrected chi connectivity index (χ4v) is 3.58. The monoisotopic (exact) mass is 380 g/mol. The number of anilines is 1. The van der Waals surface area contributed by atoms with Gasteiger partial charge >= 0.3 is 0 Å². The molecule has 0 bridgehead atoms. The van der Waals surface area contributed by atoms with Crippen LogP contribution in [0.2, 0.25) is 0 Å². The van der Waals surface area contributed by atoms with E-state index in [0.29, 0.717) is 43.0 Å². The van der Waals surface area contributed by atoms with Crippen LogP contribution in [0, 0.1) is 5.82 Å². The number of carbonyl (C=O) groups excluding carboxylic acids is 2. The Hall–Kier alpha value is -3.15. The standard InChI is InChI=1S/C22H21FN2O3/c1-15(26)16-6-7-20(19(23)13-16)24-8-10-25(11-9-24)22(27)18-12-17-4-2-3-5-21(17)28-14-18/h2-7,12-13H,8-11,14H2,1H3. The number of carbonyl (C=O) groups is 2. The van der Waals surface area contributed by atoms with E-state index in [2.05, 4.69) is 0 Å². The van der Waals surface area contributed by atoms with Gasteiger partial charge in [-0.3, -0.25) is 9.59 Å². The van der Waals surface area contributed by atoms with E-state index in [0.717, 1.165) is 11.3 Å². The minimum absolute atomic E-state index is 0.0402. The summed E-state index contributed by atoms with van der Waals surface area (Å²) in [5.74, 6) is 0.174. The molecule has 6 heteroatoms. The van der Waals surface area contributed by atoms with Crippen LogP contribution >= 0.6 is 0 Å². The average molecular weight is 380 g/mol. The Balaban J connectivity index is 1.43. The highest BCUT2D eigenvalue weighted by molar-refractivity contribution is 5.99. The zero-order valence-electron chi connectivity index (χ0n) is 15.7. The number of nitrogens with zero attached hydrogens (tertiary/aromatic N) is 2. The van der Waals surface area contributed by atoms with Crippen LogP contribution in [0.4, 0.5) is 10.1 Å². The minimum Gasteiger partial charge on any atom is -0.488 e. The van der Waals surface area contributed by atoms with Crippen LogP contribution in [0.15, 0.2) is 48.0 Å². The summed E-state index contributed by atoms with van der Waals surface area (Å²) >= 11 is 0. The van der Waals surface area contributed by atoms with Gasteiger partial charge in [0.05, 0.1) is 11.3 Å². The summed E-state index contributed by atoms with van der Waals surface area (Å²) in [6, 6.07) is 12.2. The Bertz CT molecular complexity index is 962. The molecule has 1 amide bonds. The Morgan fingerprint density at radius 1 is 1.04 bits per heavy atom. The van der Waals surface area contributed by atoms with Crippen LogP contribution in [-0.2, 0) is 4.79 Å². The molecule has 0 radical (unpaired) electrons. The van der Waals surface area contributed by atoms with E-state index < -0.39 is 5.82 Å². The Labute approximate surface area is 163 Å². The lowest BCUT2D eigenvalue weighted by atomic mass is 10.1. The third-order valence-electron chi connectivity index (χ3n) is 5.17. The first-order valence-electron chi connectivity index (χ1n) is 9.30. The van der Waals surface area contributed by atoms with E-state index in [1.807, 2.05) is 35.2 Å². The number of ether oxygens (including phenoxy) is 1. The molecule has 2 aromatic carbocycles. The zero-order valence-corrected chi connectivity index (χ0v) is 15.7. The van der Waals surface area contributed by atoms with Crippen LogP contribution in [0.1, 0.15) is 22.8 Å². The van der Waals surface area contributed by atoms with E-state index in [9.17, 15) is 14.0 Å².